The number of anilines is 1. The van der Waals surface area contributed by atoms with E-state index in [9.17, 15) is 28.1 Å². The molecule has 0 saturated heterocycles. The van der Waals surface area contributed by atoms with Gasteiger partial charge in [0.05, 0.1) is 22.5 Å². The molecular weight excluding hydrogens is 477 g/mol. The van der Waals surface area contributed by atoms with Gasteiger partial charge in [0.25, 0.3) is 5.91 Å². The summed E-state index contributed by atoms with van der Waals surface area (Å²) in [6, 6.07) is 7.60. The first-order valence-corrected chi connectivity index (χ1v) is 10.5. The van der Waals surface area contributed by atoms with Crippen LogP contribution in [-0.4, -0.2) is 33.3 Å². The number of amides is 1. The van der Waals surface area contributed by atoms with Crippen molar-refractivity contribution in [2.45, 2.75) is 25.6 Å². The maximum atomic E-state index is 13.0. The number of halogens is 4. The minimum Gasteiger partial charge on any atom is -0.486 e. The van der Waals surface area contributed by atoms with Gasteiger partial charge < -0.3 is 10.1 Å². The Labute approximate surface area is 197 Å². The number of alkyl halides is 3. The van der Waals surface area contributed by atoms with Crippen molar-refractivity contribution < 1.29 is 27.6 Å². The summed E-state index contributed by atoms with van der Waals surface area (Å²) >= 11 is 6.27. The minimum absolute atomic E-state index is 0.174. The van der Waals surface area contributed by atoms with Crippen LogP contribution in [0, 0.1) is 10.1 Å². The zero-order chi connectivity index (χ0) is 25.0. The highest BCUT2D eigenvalue weighted by Crippen LogP contribution is 2.37. The highest BCUT2D eigenvalue weighted by Gasteiger charge is 2.31. The number of benzene rings is 2. The monoisotopic (exact) mass is 496 g/mol. The average Bonchev–Trinajstić information content (AvgIpc) is 3.12. The fourth-order valence-corrected chi connectivity index (χ4v) is 3.45. The molecule has 180 valence electrons. The number of carbonyl (C=O) groups is 1. The molecule has 0 spiro atoms. The Morgan fingerprint density at radius 3 is 2.62 bits per heavy atom. The van der Waals surface area contributed by atoms with Crippen molar-refractivity contribution in [1.29, 1.82) is 0 Å². The van der Waals surface area contributed by atoms with Gasteiger partial charge in [-0.1, -0.05) is 24.6 Å². The molecule has 0 saturated carbocycles. The summed E-state index contributed by atoms with van der Waals surface area (Å²) in [6.07, 6.45) is -2.92. The Morgan fingerprint density at radius 2 is 2.03 bits per heavy atom. The molecule has 2 aromatic carbocycles. The number of ether oxygens (including phenoxy) is 1. The predicted molar refractivity (Wildman–Crippen MR) is 120 cm³/mol. The van der Waals surface area contributed by atoms with E-state index in [0.717, 1.165) is 18.2 Å². The van der Waals surface area contributed by atoms with Gasteiger partial charge in [-0.15, -0.1) is 0 Å². The van der Waals surface area contributed by atoms with E-state index in [1.165, 1.54) is 35.1 Å². The molecule has 1 amide bonds. The molecule has 34 heavy (non-hydrogen) atoms. The number of aryl methyl sites for hydroxylation is 1. The van der Waals surface area contributed by atoms with E-state index in [4.69, 9.17) is 16.3 Å². The number of rotatable bonds is 8. The van der Waals surface area contributed by atoms with Gasteiger partial charge in [-0.25, -0.2) is 0 Å². The second-order valence-corrected chi connectivity index (χ2v) is 7.77. The number of nitrogens with one attached hydrogen (secondary N) is 1. The van der Waals surface area contributed by atoms with Gasteiger partial charge in [0.2, 0.25) is 6.04 Å². The lowest BCUT2D eigenvalue weighted by atomic mass is 10.1. The van der Waals surface area contributed by atoms with Crippen LogP contribution in [0.5, 0.6) is 5.75 Å². The van der Waals surface area contributed by atoms with Crippen LogP contribution >= 0.6 is 11.6 Å². The fourth-order valence-electron chi connectivity index (χ4n) is 3.19. The Hall–Kier alpha value is -3.60. The van der Waals surface area contributed by atoms with Crippen molar-refractivity contribution in [3.05, 3.63) is 74.9 Å². The zero-order valence-corrected chi connectivity index (χ0v) is 18.9. The topological polar surface area (TPSA) is 99.3 Å². The lowest BCUT2D eigenvalue weighted by molar-refractivity contribution is -0.524. The third-order valence-electron chi connectivity index (χ3n) is 5.04. The molecule has 1 unspecified atom stereocenters. The largest absolute Gasteiger partial charge is 0.486 e. The molecule has 3 aromatic rings. The Bertz CT molecular complexity index is 1190. The van der Waals surface area contributed by atoms with Gasteiger partial charge in [0.1, 0.15) is 5.75 Å². The number of nitro groups is 1. The second-order valence-electron chi connectivity index (χ2n) is 7.37. The van der Waals surface area contributed by atoms with Crippen molar-refractivity contribution >= 4 is 23.2 Å². The number of nitrogens with zero attached hydrogens (tertiary/aromatic N) is 3. The van der Waals surface area contributed by atoms with E-state index in [1.54, 1.807) is 14.0 Å². The SMILES string of the molecule is CCC(COc1ccc(NC(=O)c2cccc(C(F)(F)F)c2)cc1-c1c(Cl)cnn1C)[N+](=O)[O-]. The molecule has 1 aromatic heterocycles. The van der Waals surface area contributed by atoms with E-state index in [-0.39, 0.29) is 35.1 Å². The van der Waals surface area contributed by atoms with Crippen molar-refractivity contribution in [2.24, 2.45) is 7.05 Å². The van der Waals surface area contributed by atoms with Crippen LogP contribution in [-0.2, 0) is 13.2 Å². The Morgan fingerprint density at radius 1 is 1.29 bits per heavy atom. The summed E-state index contributed by atoms with van der Waals surface area (Å²) in [5.41, 5.74) is -0.0380. The van der Waals surface area contributed by atoms with E-state index in [1.807, 2.05) is 0 Å². The highest BCUT2D eigenvalue weighted by atomic mass is 35.5. The van der Waals surface area contributed by atoms with Gasteiger partial charge in [-0.3, -0.25) is 19.6 Å². The standard InChI is InChI=1S/C22H20ClF3N4O4/c1-3-16(30(32)33)12-34-19-8-7-15(10-17(19)20-18(23)11-27-29(20)2)28-21(31)13-5-4-6-14(9-13)22(24,25)26/h4-11,16H,3,12H2,1-2H3,(H,28,31). The summed E-state index contributed by atoms with van der Waals surface area (Å²) in [5, 5.41) is 18.0. The van der Waals surface area contributed by atoms with Crippen molar-refractivity contribution in [3.8, 4) is 17.0 Å². The van der Waals surface area contributed by atoms with E-state index >= 15 is 0 Å². The molecule has 0 aliphatic heterocycles. The van der Waals surface area contributed by atoms with Crippen LogP contribution in [0.3, 0.4) is 0 Å². The van der Waals surface area contributed by atoms with Crippen molar-refractivity contribution in [1.82, 2.24) is 9.78 Å². The molecule has 1 N–H and O–H groups in total. The van der Waals surface area contributed by atoms with Crippen LogP contribution < -0.4 is 10.1 Å². The van der Waals surface area contributed by atoms with Gasteiger partial charge in [-0.2, -0.15) is 18.3 Å². The number of aromatic nitrogens is 2. The number of hydrogen-bond acceptors (Lipinski definition) is 5. The van der Waals surface area contributed by atoms with Gasteiger partial charge >= 0.3 is 6.18 Å². The van der Waals surface area contributed by atoms with Crippen LogP contribution in [0.15, 0.2) is 48.7 Å². The summed E-state index contributed by atoms with van der Waals surface area (Å²) in [7, 11) is 1.63. The van der Waals surface area contributed by atoms with Crippen LogP contribution in [0.1, 0.15) is 29.3 Å². The lowest BCUT2D eigenvalue weighted by Crippen LogP contribution is -2.26. The minimum atomic E-state index is -4.58. The van der Waals surface area contributed by atoms with E-state index in [0.29, 0.717) is 11.3 Å². The van der Waals surface area contributed by atoms with Gasteiger partial charge in [0.15, 0.2) is 6.61 Å². The molecule has 1 atom stereocenters. The molecule has 0 aliphatic rings. The first-order valence-electron chi connectivity index (χ1n) is 10.1. The average molecular weight is 497 g/mol. The van der Waals surface area contributed by atoms with Crippen molar-refractivity contribution in [3.63, 3.8) is 0 Å². The van der Waals surface area contributed by atoms with Crippen LogP contribution in [0.4, 0.5) is 18.9 Å². The zero-order valence-electron chi connectivity index (χ0n) is 18.1. The molecule has 1 heterocycles. The summed E-state index contributed by atoms with van der Waals surface area (Å²) in [6.45, 7) is 1.48. The molecular formula is C22H20ClF3N4O4. The highest BCUT2D eigenvalue weighted by molar-refractivity contribution is 6.33. The van der Waals surface area contributed by atoms with Gasteiger partial charge in [-0.05, 0) is 36.4 Å². The first-order chi connectivity index (χ1) is 16.0. The molecule has 0 radical (unpaired) electrons. The molecule has 12 heteroatoms. The summed E-state index contributed by atoms with van der Waals surface area (Å²) in [5.74, 6) is -0.482. The summed E-state index contributed by atoms with van der Waals surface area (Å²) < 4.78 is 46.1. The normalized spacial score (nSPS) is 12.3. The fraction of sp³-hybridized carbons (Fsp3) is 0.273. The first kappa shape index (κ1) is 25.0. The van der Waals surface area contributed by atoms with Crippen LogP contribution in [0.2, 0.25) is 5.02 Å². The molecule has 8 nitrogen and oxygen atoms in total. The predicted octanol–water partition coefficient (Wildman–Crippen LogP) is 5.45. The molecule has 3 rings (SSSR count). The molecule has 0 bridgehead atoms. The van der Waals surface area contributed by atoms with E-state index < -0.39 is 28.6 Å². The van der Waals surface area contributed by atoms with Crippen LogP contribution in [0.25, 0.3) is 11.3 Å². The molecule has 0 fully saturated rings. The number of carbonyl (C=O) groups excluding carboxylic acids is 1. The Balaban J connectivity index is 1.93. The second kappa shape index (κ2) is 10.1. The smallest absolute Gasteiger partial charge is 0.416 e. The maximum Gasteiger partial charge on any atom is 0.416 e. The quantitative estimate of drug-likeness (QED) is 0.330. The molecule has 0 aliphatic carbocycles. The van der Waals surface area contributed by atoms with Crippen molar-refractivity contribution in [2.75, 3.05) is 11.9 Å². The lowest BCUT2D eigenvalue weighted by Gasteiger charge is -2.16. The third kappa shape index (κ3) is 5.66. The van der Waals surface area contributed by atoms with E-state index in [2.05, 4.69) is 10.4 Å². The maximum absolute atomic E-state index is 13.0. The third-order valence-corrected chi connectivity index (χ3v) is 5.32. The summed E-state index contributed by atoms with van der Waals surface area (Å²) in [4.78, 5) is 23.3. The van der Waals surface area contributed by atoms with Gasteiger partial charge in [0, 0.05) is 35.2 Å². The number of hydrogen-bond donors (Lipinski definition) is 1. The Kier molecular flexibility index (Phi) is 7.45.